The van der Waals surface area contributed by atoms with Gasteiger partial charge in [0.05, 0.1) is 56.3 Å². The second-order valence-corrected chi connectivity index (χ2v) is 7.83. The largest absolute Gasteiger partial charge is 0.496 e. The molecule has 2 rings (SSSR count). The maximum absolute atomic E-state index is 12.9. The maximum atomic E-state index is 12.9. The monoisotopic (exact) mass is 459 g/mol. The van der Waals surface area contributed by atoms with Crippen molar-refractivity contribution in [3.8, 4) is 23.0 Å². The fraction of sp³-hybridized carbons (Fsp3) is 0.286. The van der Waals surface area contributed by atoms with Gasteiger partial charge >= 0.3 is 5.97 Å². The van der Waals surface area contributed by atoms with Gasteiger partial charge in [0.1, 0.15) is 29.5 Å². The number of anilines is 1. The molecule has 0 bridgehead atoms. The van der Waals surface area contributed by atoms with Crippen molar-refractivity contribution in [3.05, 3.63) is 46.9 Å². The van der Waals surface area contributed by atoms with Crippen LogP contribution in [0.1, 0.15) is 22.1 Å². The molecule has 0 atom stereocenters. The van der Waals surface area contributed by atoms with Gasteiger partial charge in [-0.2, -0.15) is 0 Å². The highest BCUT2D eigenvalue weighted by Crippen LogP contribution is 2.35. The predicted octanol–water partition coefficient (Wildman–Crippen LogP) is 2.80. The molecule has 0 saturated carbocycles. The lowest BCUT2D eigenvalue weighted by atomic mass is 10.1. The van der Waals surface area contributed by atoms with Crippen molar-refractivity contribution in [2.75, 3.05) is 40.1 Å². The minimum Gasteiger partial charge on any atom is -0.496 e. The summed E-state index contributed by atoms with van der Waals surface area (Å²) in [5.74, 6) is -3.06. The van der Waals surface area contributed by atoms with Crippen LogP contribution in [0.15, 0.2) is 35.7 Å². The zero-order valence-electron chi connectivity index (χ0n) is 24.5. The van der Waals surface area contributed by atoms with Crippen LogP contribution in [0.3, 0.4) is 0 Å². The molecule has 0 fully saturated rings. The van der Waals surface area contributed by atoms with E-state index in [2.05, 4.69) is 0 Å². The first-order valence-electron chi connectivity index (χ1n) is 12.4. The van der Waals surface area contributed by atoms with E-state index in [1.54, 1.807) is 0 Å². The van der Waals surface area contributed by atoms with Crippen molar-refractivity contribution in [2.24, 2.45) is 0 Å². The Morgan fingerprint density at radius 2 is 1.77 bits per heavy atom. The van der Waals surface area contributed by atoms with Gasteiger partial charge < -0.3 is 29.4 Å². The number of carboxylic acids is 1. The van der Waals surface area contributed by atoms with Crippen LogP contribution in [0.25, 0.3) is 6.08 Å². The molecule has 168 valence electrons. The number of sulfone groups is 1. The van der Waals surface area contributed by atoms with Crippen molar-refractivity contribution in [1.82, 2.24) is 0 Å². The Bertz CT molecular complexity index is 1340. The number of hydrogen-bond acceptors (Lipinski definition) is 8. The highest BCUT2D eigenvalue weighted by molar-refractivity contribution is 7.93. The summed E-state index contributed by atoms with van der Waals surface area (Å²) >= 11 is 0. The number of methoxy groups -OCH3 is 4. The van der Waals surface area contributed by atoms with E-state index >= 15 is 0 Å². The SMILES string of the molecule is [2H]C([2H])([2H])Oc1ccc(CS(=O)(=O)/C=C/c2c(OC)cc(OC)cc2OC([2H])([2H])[2H])cc1NC([2H])([2H])C(=O)O. The first kappa shape index (κ1) is 14.6. The predicted molar refractivity (Wildman–Crippen MR) is 117 cm³/mol. The van der Waals surface area contributed by atoms with E-state index in [1.165, 1.54) is 32.4 Å². The second kappa shape index (κ2) is 10.6. The van der Waals surface area contributed by atoms with Crippen LogP contribution in [-0.2, 0) is 20.4 Å². The van der Waals surface area contributed by atoms with E-state index in [-0.39, 0.29) is 28.4 Å². The lowest BCUT2D eigenvalue weighted by molar-refractivity contribution is -0.134. The van der Waals surface area contributed by atoms with Crippen molar-refractivity contribution < 1.29 is 48.2 Å². The summed E-state index contributed by atoms with van der Waals surface area (Å²) in [5, 5.41) is 11.8. The van der Waals surface area contributed by atoms with E-state index in [0.717, 1.165) is 23.6 Å². The molecule has 9 nitrogen and oxygen atoms in total. The molecule has 0 unspecified atom stereocenters. The third-order valence-corrected chi connectivity index (χ3v) is 5.20. The standard InChI is InChI=1S/C21H25NO8S/c1-27-15-10-19(29-3)16(20(11-15)30-4)7-8-31(25,26)13-14-5-6-18(28-2)17(9-14)22-12-21(23)24/h5-11,22H,12-13H2,1-4H3,(H,23,24)/b8-7+/i2D3,3D3,12D2. The molecular weight excluding hydrogens is 426 g/mol. The fourth-order valence-electron chi connectivity index (χ4n) is 2.54. The summed E-state index contributed by atoms with van der Waals surface area (Å²) in [6.07, 6.45) is 1.06. The first-order valence-corrected chi connectivity index (χ1v) is 10.2. The van der Waals surface area contributed by atoms with E-state index in [4.69, 9.17) is 35.0 Å². The van der Waals surface area contributed by atoms with Gasteiger partial charge in [0.25, 0.3) is 0 Å². The first-order chi connectivity index (χ1) is 17.7. The van der Waals surface area contributed by atoms with Gasteiger partial charge in [0.15, 0.2) is 9.84 Å². The van der Waals surface area contributed by atoms with E-state index in [0.29, 0.717) is 0 Å². The van der Waals surface area contributed by atoms with Crippen LogP contribution in [0.5, 0.6) is 23.0 Å². The molecule has 0 aromatic heterocycles. The zero-order valence-corrected chi connectivity index (χ0v) is 17.3. The molecule has 0 aliphatic heterocycles. The number of benzene rings is 2. The van der Waals surface area contributed by atoms with Crippen molar-refractivity contribution in [1.29, 1.82) is 0 Å². The van der Waals surface area contributed by atoms with Crippen LogP contribution in [-0.4, -0.2) is 54.3 Å². The molecule has 31 heavy (non-hydrogen) atoms. The van der Waals surface area contributed by atoms with Gasteiger partial charge in [-0.25, -0.2) is 8.42 Å². The molecule has 0 amide bonds. The number of rotatable bonds is 11. The minimum absolute atomic E-state index is 0.0156. The summed E-state index contributed by atoms with van der Waals surface area (Å²) in [5.41, 5.74) is -0.418. The Morgan fingerprint density at radius 3 is 2.39 bits per heavy atom. The minimum atomic E-state index is -4.11. The maximum Gasteiger partial charge on any atom is 0.322 e. The molecule has 0 radical (unpaired) electrons. The zero-order chi connectivity index (χ0) is 29.8. The van der Waals surface area contributed by atoms with Crippen molar-refractivity contribution >= 4 is 27.6 Å². The molecule has 2 N–H and O–H groups in total. The van der Waals surface area contributed by atoms with Crippen LogP contribution in [0.4, 0.5) is 5.69 Å². The third kappa shape index (κ3) is 6.54. The van der Waals surface area contributed by atoms with Gasteiger partial charge in [-0.15, -0.1) is 0 Å². The molecule has 0 aliphatic rings. The van der Waals surface area contributed by atoms with E-state index < -0.39 is 53.6 Å². The Balaban J connectivity index is 2.47. The average Bonchev–Trinajstić information content (AvgIpc) is 2.77. The fourth-order valence-corrected chi connectivity index (χ4v) is 3.62. The number of nitrogens with one attached hydrogen (secondary N) is 1. The van der Waals surface area contributed by atoms with Gasteiger partial charge in [-0.05, 0) is 23.8 Å². The van der Waals surface area contributed by atoms with Gasteiger partial charge in [0, 0.05) is 17.5 Å². The van der Waals surface area contributed by atoms with Crippen LogP contribution >= 0.6 is 0 Å². The van der Waals surface area contributed by atoms with Crippen molar-refractivity contribution in [3.63, 3.8) is 0 Å². The number of carbonyl (C=O) groups is 1. The normalized spacial score (nSPS) is 16.3. The summed E-state index contributed by atoms with van der Waals surface area (Å²) in [6.45, 7) is -3.05. The molecular formula is C21H25NO8S. The topological polar surface area (TPSA) is 120 Å². The van der Waals surface area contributed by atoms with E-state index in [9.17, 15) is 13.2 Å². The van der Waals surface area contributed by atoms with Crippen LogP contribution in [0, 0.1) is 0 Å². The summed E-state index contributed by atoms with van der Waals surface area (Å²) in [7, 11) is -7.35. The third-order valence-electron chi connectivity index (χ3n) is 3.91. The highest BCUT2D eigenvalue weighted by atomic mass is 32.2. The number of carboxylic acid groups (broad SMARTS) is 1. The molecule has 2 aromatic carbocycles. The van der Waals surface area contributed by atoms with Crippen LogP contribution in [0.2, 0.25) is 0 Å². The second-order valence-electron chi connectivity index (χ2n) is 5.94. The van der Waals surface area contributed by atoms with Gasteiger partial charge in [-0.3, -0.25) is 4.79 Å². The summed E-state index contributed by atoms with van der Waals surface area (Å²) in [4.78, 5) is 11.2. The quantitative estimate of drug-likeness (QED) is 0.522. The smallest absolute Gasteiger partial charge is 0.322 e. The lowest BCUT2D eigenvalue weighted by Gasteiger charge is -2.13. The molecule has 10 heteroatoms. The molecule has 0 heterocycles. The molecule has 2 aromatic rings. The number of hydrogen-bond donors (Lipinski definition) is 2. The summed E-state index contributed by atoms with van der Waals surface area (Å²) < 4.78 is 105. The van der Waals surface area contributed by atoms with Crippen molar-refractivity contribution in [2.45, 2.75) is 5.75 Å². The van der Waals surface area contributed by atoms with Crippen LogP contribution < -0.4 is 24.3 Å². The molecule has 0 saturated heterocycles. The lowest BCUT2D eigenvalue weighted by Crippen LogP contribution is -2.13. The van der Waals surface area contributed by atoms with Gasteiger partial charge in [-0.1, -0.05) is 6.07 Å². The molecule has 0 spiro atoms. The highest BCUT2D eigenvalue weighted by Gasteiger charge is 2.15. The Labute approximate surface area is 192 Å². The number of aliphatic carboxylic acids is 1. The Kier molecular flexibility index (Phi) is 4.97. The van der Waals surface area contributed by atoms with E-state index in [1.807, 2.05) is 5.32 Å². The Morgan fingerprint density at radius 1 is 1.10 bits per heavy atom. The Hall–Kier alpha value is -3.40. The van der Waals surface area contributed by atoms with Gasteiger partial charge in [0.2, 0.25) is 0 Å². The molecule has 0 aliphatic carbocycles. The number of ether oxygens (including phenoxy) is 4. The average molecular weight is 460 g/mol. The summed E-state index contributed by atoms with van der Waals surface area (Å²) in [6, 6.07) is 5.90.